The highest BCUT2D eigenvalue weighted by Crippen LogP contribution is 2.36. The van der Waals surface area contributed by atoms with E-state index >= 15 is 0 Å². The van der Waals surface area contributed by atoms with Crippen LogP contribution in [0.2, 0.25) is 5.02 Å². The second-order valence-corrected chi connectivity index (χ2v) is 10.1. The first kappa shape index (κ1) is 32.4. The van der Waals surface area contributed by atoms with E-state index in [1.165, 1.54) is 27.3 Å². The molecule has 0 spiro atoms. The summed E-state index contributed by atoms with van der Waals surface area (Å²) in [6.45, 7) is 0.585. The summed E-state index contributed by atoms with van der Waals surface area (Å²) in [6, 6.07) is 5.52. The quantitative estimate of drug-likeness (QED) is 0.302. The van der Waals surface area contributed by atoms with E-state index in [4.69, 9.17) is 35.3 Å². The maximum Gasteiger partial charge on any atom is 0.421 e. The number of methoxy groups -OCH3 is 2. The topological polar surface area (TPSA) is 126 Å². The number of alkyl halides is 3. The van der Waals surface area contributed by atoms with E-state index in [-0.39, 0.29) is 55.9 Å². The number of halogens is 4. The van der Waals surface area contributed by atoms with Crippen molar-refractivity contribution in [2.75, 3.05) is 54.2 Å². The zero-order chi connectivity index (χ0) is 29.1. The molecule has 2 rings (SSSR count). The van der Waals surface area contributed by atoms with Gasteiger partial charge in [-0.15, -0.1) is 0 Å². The Morgan fingerprint density at radius 3 is 2.46 bits per heavy atom. The van der Waals surface area contributed by atoms with E-state index < -0.39 is 28.0 Å². The number of ether oxygens (including phenoxy) is 5. The van der Waals surface area contributed by atoms with Crippen molar-refractivity contribution < 1.29 is 50.1 Å². The van der Waals surface area contributed by atoms with Crippen LogP contribution in [0.3, 0.4) is 0 Å². The molecule has 1 N–H and O–H groups in total. The number of nitrogens with zero attached hydrogens (tertiary/aromatic N) is 2. The van der Waals surface area contributed by atoms with Crippen LogP contribution >= 0.6 is 11.6 Å². The third kappa shape index (κ3) is 10.7. The maximum absolute atomic E-state index is 13.0. The van der Waals surface area contributed by atoms with Gasteiger partial charge in [0.15, 0.2) is 0 Å². The molecule has 0 radical (unpaired) electrons. The lowest BCUT2D eigenvalue weighted by Gasteiger charge is -2.17. The van der Waals surface area contributed by atoms with Crippen LogP contribution < -0.4 is 14.2 Å². The molecule has 11 nitrogen and oxygen atoms in total. The predicted molar refractivity (Wildman–Crippen MR) is 134 cm³/mol. The minimum Gasteiger partial charge on any atom is -0.491 e. The van der Waals surface area contributed by atoms with Gasteiger partial charge in [0.2, 0.25) is 5.88 Å². The molecule has 1 aromatic carbocycles. The number of aryl methyl sites for hydroxylation is 1. The highest BCUT2D eigenvalue weighted by atomic mass is 35.5. The number of hydrogen-bond donors (Lipinski definition) is 1. The summed E-state index contributed by atoms with van der Waals surface area (Å²) in [7, 11) is 0.0997. The van der Waals surface area contributed by atoms with Gasteiger partial charge >= 0.3 is 22.5 Å². The second kappa shape index (κ2) is 15.1. The first-order valence-corrected chi connectivity index (χ1v) is 13.2. The van der Waals surface area contributed by atoms with Crippen LogP contribution in [0.5, 0.6) is 17.4 Å². The number of aromatic nitrogens is 1. The van der Waals surface area contributed by atoms with E-state index in [9.17, 15) is 26.4 Å². The molecule has 0 saturated carbocycles. The van der Waals surface area contributed by atoms with Crippen molar-refractivity contribution in [2.45, 2.75) is 19.0 Å². The fourth-order valence-corrected chi connectivity index (χ4v) is 3.85. The van der Waals surface area contributed by atoms with E-state index in [0.29, 0.717) is 30.2 Å². The summed E-state index contributed by atoms with van der Waals surface area (Å²) in [5.74, 6) is 0.344. The Labute approximate surface area is 229 Å². The van der Waals surface area contributed by atoms with Gasteiger partial charge in [-0.3, -0.25) is 0 Å². The van der Waals surface area contributed by atoms with E-state index in [0.717, 1.165) is 4.31 Å². The smallest absolute Gasteiger partial charge is 0.421 e. The largest absolute Gasteiger partial charge is 0.491 e. The van der Waals surface area contributed by atoms with Crippen LogP contribution in [-0.4, -0.2) is 78.0 Å². The molecule has 0 aliphatic rings. The van der Waals surface area contributed by atoms with Gasteiger partial charge in [-0.25, -0.2) is 14.5 Å². The van der Waals surface area contributed by atoms with Gasteiger partial charge < -0.3 is 23.7 Å². The average molecular weight is 600 g/mol. The monoisotopic (exact) mass is 599 g/mol. The van der Waals surface area contributed by atoms with Gasteiger partial charge in [0.25, 0.3) is 0 Å². The molecule has 1 heterocycles. The van der Waals surface area contributed by atoms with Crippen molar-refractivity contribution in [2.24, 2.45) is 0 Å². The molecule has 16 heteroatoms. The van der Waals surface area contributed by atoms with Crippen LogP contribution in [0.25, 0.3) is 0 Å². The second-order valence-electron chi connectivity index (χ2n) is 7.88. The number of carbonyl (C=O) groups is 1. The predicted octanol–water partition coefficient (Wildman–Crippen LogP) is 4.05. The van der Waals surface area contributed by atoms with Gasteiger partial charge in [0.1, 0.15) is 23.1 Å². The number of likely N-dealkylation sites (N-methyl/N-ethyl adjacent to an activating group) is 1. The fourth-order valence-electron chi connectivity index (χ4n) is 2.91. The fraction of sp³-hybridized carbons (Fsp3) is 0.478. The SMILES string of the molecule is COCCOc1ccc(CCCOC(=O)NS(=O)(=O)N(C)CCOC)c(Oc2ncc(C(F)(F)F)cc2Cl)c1. The molecular formula is C23H29ClF3N3O8S. The summed E-state index contributed by atoms with van der Waals surface area (Å²) >= 11 is 5.99. The summed E-state index contributed by atoms with van der Waals surface area (Å²) in [6.07, 6.45) is -4.65. The lowest BCUT2D eigenvalue weighted by atomic mass is 10.1. The number of carbonyl (C=O) groups excluding carboxylic acids is 1. The van der Waals surface area contributed by atoms with E-state index in [1.54, 1.807) is 16.9 Å². The zero-order valence-electron chi connectivity index (χ0n) is 21.4. The molecule has 218 valence electrons. The van der Waals surface area contributed by atoms with Gasteiger partial charge in [0.05, 0.1) is 25.4 Å². The molecule has 1 aromatic heterocycles. The number of benzene rings is 1. The van der Waals surface area contributed by atoms with E-state index in [2.05, 4.69) is 4.98 Å². The minimum atomic E-state index is -4.62. The molecule has 39 heavy (non-hydrogen) atoms. The summed E-state index contributed by atoms with van der Waals surface area (Å²) in [5, 5.41) is -0.349. The van der Waals surface area contributed by atoms with Crippen molar-refractivity contribution in [3.05, 3.63) is 46.6 Å². The van der Waals surface area contributed by atoms with Crippen LogP contribution in [0.1, 0.15) is 17.5 Å². The summed E-state index contributed by atoms with van der Waals surface area (Å²) < 4.78 is 91.7. The molecule has 1 amide bonds. The van der Waals surface area contributed by atoms with Crippen LogP contribution in [0.15, 0.2) is 30.5 Å². The van der Waals surface area contributed by atoms with Gasteiger partial charge in [-0.2, -0.15) is 25.9 Å². The Balaban J connectivity index is 2.07. The van der Waals surface area contributed by atoms with Crippen molar-refractivity contribution in [1.29, 1.82) is 0 Å². The van der Waals surface area contributed by atoms with Crippen molar-refractivity contribution in [1.82, 2.24) is 14.0 Å². The molecular weight excluding hydrogens is 571 g/mol. The molecule has 0 unspecified atom stereocenters. The average Bonchev–Trinajstić information content (AvgIpc) is 2.86. The first-order valence-electron chi connectivity index (χ1n) is 11.4. The molecule has 2 aromatic rings. The highest BCUT2D eigenvalue weighted by Gasteiger charge is 2.32. The Bertz CT molecular complexity index is 1200. The van der Waals surface area contributed by atoms with Crippen molar-refractivity contribution >= 4 is 27.9 Å². The highest BCUT2D eigenvalue weighted by molar-refractivity contribution is 7.87. The number of hydrogen-bond acceptors (Lipinski definition) is 9. The summed E-state index contributed by atoms with van der Waals surface area (Å²) in [4.78, 5) is 15.6. The Morgan fingerprint density at radius 2 is 1.82 bits per heavy atom. The number of amides is 1. The number of nitrogens with one attached hydrogen (secondary N) is 1. The lowest BCUT2D eigenvalue weighted by Crippen LogP contribution is -2.43. The third-order valence-electron chi connectivity index (χ3n) is 4.99. The number of pyridine rings is 1. The van der Waals surface area contributed by atoms with E-state index in [1.807, 2.05) is 0 Å². The van der Waals surface area contributed by atoms with Crippen LogP contribution in [0.4, 0.5) is 18.0 Å². The molecule has 0 aliphatic heterocycles. The zero-order valence-corrected chi connectivity index (χ0v) is 23.0. The number of rotatable bonds is 15. The van der Waals surface area contributed by atoms with Crippen molar-refractivity contribution in [3.63, 3.8) is 0 Å². The van der Waals surface area contributed by atoms with Crippen molar-refractivity contribution in [3.8, 4) is 17.4 Å². The molecule has 0 bridgehead atoms. The molecule has 0 fully saturated rings. The summed E-state index contributed by atoms with van der Waals surface area (Å²) in [5.41, 5.74) is -0.457. The van der Waals surface area contributed by atoms with Gasteiger partial charge in [-0.1, -0.05) is 17.7 Å². The van der Waals surface area contributed by atoms with Crippen LogP contribution in [-0.2, 0) is 37.0 Å². The van der Waals surface area contributed by atoms with Gasteiger partial charge in [-0.05, 0) is 30.5 Å². The lowest BCUT2D eigenvalue weighted by molar-refractivity contribution is -0.137. The molecule has 0 saturated heterocycles. The maximum atomic E-state index is 13.0. The third-order valence-corrected chi connectivity index (χ3v) is 6.69. The molecule has 0 atom stereocenters. The Kier molecular flexibility index (Phi) is 12.5. The van der Waals surface area contributed by atoms with Crippen LogP contribution in [0, 0.1) is 0 Å². The normalized spacial score (nSPS) is 11.9. The Hall–Kier alpha value is -2.85. The Morgan fingerprint density at radius 1 is 1.10 bits per heavy atom. The molecule has 0 aliphatic carbocycles. The first-order chi connectivity index (χ1) is 18.4. The minimum absolute atomic E-state index is 0.0326. The van der Waals surface area contributed by atoms with Gasteiger partial charge in [0, 0.05) is 40.1 Å². The standard InChI is InChI=1S/C23H29ClF3N3O8S/c1-30(8-10-34-2)39(32,33)29-22(31)37-9-4-5-16-6-7-18(36-12-11-35-3)14-20(16)38-21-19(24)13-17(15-28-21)23(25,26)27/h6-7,13-15H,4-5,8-12H2,1-3H3,(H,29,31).